The van der Waals surface area contributed by atoms with Crippen LogP contribution in [0.4, 0.5) is 0 Å². The van der Waals surface area contributed by atoms with E-state index in [0.717, 1.165) is 11.1 Å². The summed E-state index contributed by atoms with van der Waals surface area (Å²) in [6.07, 6.45) is 3.95. The van der Waals surface area contributed by atoms with Crippen LogP contribution < -0.4 is 18.9 Å². The van der Waals surface area contributed by atoms with Gasteiger partial charge in [0.25, 0.3) is 0 Å². The molecule has 6 heteroatoms. The van der Waals surface area contributed by atoms with E-state index in [-0.39, 0.29) is 5.92 Å². The molecule has 0 unspecified atom stereocenters. The maximum absolute atomic E-state index is 10.9. The summed E-state index contributed by atoms with van der Waals surface area (Å²) in [6, 6.07) is 11.2. The Morgan fingerprint density at radius 2 is 1.38 bits per heavy atom. The quantitative estimate of drug-likeness (QED) is 0.610. The van der Waals surface area contributed by atoms with Crippen LogP contribution in [-0.2, 0) is 4.74 Å². The Kier molecular flexibility index (Phi) is 8.83. The Morgan fingerprint density at radius 1 is 0.793 bits per heavy atom. The number of allylic oxidation sites excluding steroid dienone is 1. The number of benzene rings is 2. The maximum Gasteiger partial charge on any atom is 0.161 e. The zero-order valence-electron chi connectivity index (χ0n) is 17.7. The topological polar surface area (TPSA) is 66.4 Å². The summed E-state index contributed by atoms with van der Waals surface area (Å²) in [6.45, 7) is 0.422. The molecule has 0 spiro atoms. The van der Waals surface area contributed by atoms with E-state index >= 15 is 0 Å². The van der Waals surface area contributed by atoms with Crippen LogP contribution in [0.3, 0.4) is 0 Å². The van der Waals surface area contributed by atoms with Gasteiger partial charge < -0.3 is 28.8 Å². The number of aliphatic hydroxyl groups excluding tert-OH is 1. The Balaban J connectivity index is 2.14. The summed E-state index contributed by atoms with van der Waals surface area (Å²) in [5, 5.41) is 10.9. The molecule has 0 saturated carbocycles. The summed E-state index contributed by atoms with van der Waals surface area (Å²) >= 11 is 0. The number of methoxy groups -OCH3 is 5. The molecule has 0 bridgehead atoms. The fraction of sp³-hybridized carbons (Fsp3) is 0.391. The van der Waals surface area contributed by atoms with Crippen molar-refractivity contribution in [3.05, 3.63) is 53.6 Å². The second kappa shape index (κ2) is 11.3. The van der Waals surface area contributed by atoms with Crippen molar-refractivity contribution in [2.24, 2.45) is 5.92 Å². The molecule has 2 aromatic rings. The van der Waals surface area contributed by atoms with Gasteiger partial charge in [0.05, 0.1) is 41.2 Å². The molecule has 0 aliphatic carbocycles. The highest BCUT2D eigenvalue weighted by atomic mass is 16.5. The standard InChI is InChI=1S/C23H30O6/c1-25-15-18(23(24)17-10-12-20(27-3)22(14-17)29-5)8-6-7-16-9-11-19(26-2)21(13-16)28-4/h6-7,9-14,18,23-24H,8,15H2,1-5H3/t18-,23+/m1/s1. The summed E-state index contributed by atoms with van der Waals surface area (Å²) < 4.78 is 26.5. The van der Waals surface area contributed by atoms with Crippen LogP contribution >= 0.6 is 0 Å². The molecule has 0 fully saturated rings. The first-order valence-electron chi connectivity index (χ1n) is 9.35. The van der Waals surface area contributed by atoms with Gasteiger partial charge in [-0.05, 0) is 41.8 Å². The van der Waals surface area contributed by atoms with E-state index in [1.165, 1.54) is 0 Å². The largest absolute Gasteiger partial charge is 0.493 e. The first-order chi connectivity index (χ1) is 14.1. The second-order valence-corrected chi connectivity index (χ2v) is 6.53. The lowest BCUT2D eigenvalue weighted by Gasteiger charge is -2.22. The van der Waals surface area contributed by atoms with E-state index in [1.807, 2.05) is 36.4 Å². The van der Waals surface area contributed by atoms with Gasteiger partial charge in [-0.3, -0.25) is 0 Å². The average Bonchev–Trinajstić information content (AvgIpc) is 2.77. The van der Waals surface area contributed by atoms with Gasteiger partial charge in [0.2, 0.25) is 0 Å². The van der Waals surface area contributed by atoms with Crippen LogP contribution in [0, 0.1) is 5.92 Å². The molecule has 6 nitrogen and oxygen atoms in total. The van der Waals surface area contributed by atoms with Crippen molar-refractivity contribution < 1.29 is 28.8 Å². The minimum Gasteiger partial charge on any atom is -0.493 e. The molecule has 0 heterocycles. The third-order valence-electron chi connectivity index (χ3n) is 4.73. The monoisotopic (exact) mass is 402 g/mol. The lowest BCUT2D eigenvalue weighted by atomic mass is 9.92. The first kappa shape index (κ1) is 22.6. The Morgan fingerprint density at radius 3 is 1.97 bits per heavy atom. The molecule has 0 saturated heterocycles. The van der Waals surface area contributed by atoms with E-state index in [9.17, 15) is 5.11 Å². The van der Waals surface area contributed by atoms with Crippen LogP contribution in [0.1, 0.15) is 23.7 Å². The SMILES string of the molecule is COC[C@@H](CC=Cc1ccc(OC)c(OC)c1)[C@@H](O)c1ccc(OC)c(OC)c1. The second-order valence-electron chi connectivity index (χ2n) is 6.53. The van der Waals surface area contributed by atoms with Gasteiger partial charge in [-0.2, -0.15) is 0 Å². The van der Waals surface area contributed by atoms with Crippen molar-refractivity contribution in [3.8, 4) is 23.0 Å². The minimum atomic E-state index is -0.704. The molecule has 0 amide bonds. The van der Waals surface area contributed by atoms with E-state index in [1.54, 1.807) is 47.7 Å². The predicted molar refractivity (Wildman–Crippen MR) is 113 cm³/mol. The fourth-order valence-electron chi connectivity index (χ4n) is 3.15. The van der Waals surface area contributed by atoms with Gasteiger partial charge in [0, 0.05) is 13.0 Å². The third kappa shape index (κ3) is 5.89. The molecule has 158 valence electrons. The lowest BCUT2D eigenvalue weighted by molar-refractivity contribution is 0.0486. The Bertz CT molecular complexity index is 802. The highest BCUT2D eigenvalue weighted by Crippen LogP contribution is 2.34. The molecule has 0 aromatic heterocycles. The molecule has 2 atom stereocenters. The number of hydrogen-bond donors (Lipinski definition) is 1. The summed E-state index contributed by atoms with van der Waals surface area (Å²) in [4.78, 5) is 0. The minimum absolute atomic E-state index is 0.116. The average molecular weight is 402 g/mol. The van der Waals surface area contributed by atoms with E-state index in [4.69, 9.17) is 23.7 Å². The molecule has 0 aliphatic rings. The molecule has 29 heavy (non-hydrogen) atoms. The fourth-order valence-corrected chi connectivity index (χ4v) is 3.15. The number of hydrogen-bond acceptors (Lipinski definition) is 6. The zero-order chi connectivity index (χ0) is 21.2. The van der Waals surface area contributed by atoms with Crippen molar-refractivity contribution in [2.45, 2.75) is 12.5 Å². The molecule has 0 radical (unpaired) electrons. The van der Waals surface area contributed by atoms with E-state index < -0.39 is 6.10 Å². The van der Waals surface area contributed by atoms with Crippen LogP contribution in [0.25, 0.3) is 6.08 Å². The van der Waals surface area contributed by atoms with Crippen LogP contribution in [0.15, 0.2) is 42.5 Å². The van der Waals surface area contributed by atoms with Crippen molar-refractivity contribution in [2.75, 3.05) is 42.2 Å². The molecular weight excluding hydrogens is 372 g/mol. The van der Waals surface area contributed by atoms with Crippen LogP contribution in [0.5, 0.6) is 23.0 Å². The zero-order valence-corrected chi connectivity index (χ0v) is 17.7. The van der Waals surface area contributed by atoms with Crippen LogP contribution in [-0.4, -0.2) is 47.3 Å². The van der Waals surface area contributed by atoms with E-state index in [0.29, 0.717) is 36.0 Å². The molecule has 0 aliphatic heterocycles. The lowest BCUT2D eigenvalue weighted by Crippen LogP contribution is -2.17. The van der Waals surface area contributed by atoms with Gasteiger partial charge in [-0.25, -0.2) is 0 Å². The summed E-state index contributed by atoms with van der Waals surface area (Å²) in [5.74, 6) is 2.45. The van der Waals surface area contributed by atoms with Gasteiger partial charge in [0.15, 0.2) is 23.0 Å². The summed E-state index contributed by atoms with van der Waals surface area (Å²) in [7, 11) is 8.01. The van der Waals surface area contributed by atoms with Crippen molar-refractivity contribution in [1.82, 2.24) is 0 Å². The van der Waals surface area contributed by atoms with Crippen molar-refractivity contribution in [1.29, 1.82) is 0 Å². The van der Waals surface area contributed by atoms with Gasteiger partial charge in [-0.15, -0.1) is 0 Å². The summed E-state index contributed by atoms with van der Waals surface area (Å²) in [5.41, 5.74) is 1.74. The highest BCUT2D eigenvalue weighted by Gasteiger charge is 2.21. The maximum atomic E-state index is 10.9. The normalized spacial score (nSPS) is 13.2. The number of aliphatic hydroxyl groups is 1. The van der Waals surface area contributed by atoms with Crippen LogP contribution in [0.2, 0.25) is 0 Å². The van der Waals surface area contributed by atoms with Crippen molar-refractivity contribution >= 4 is 6.08 Å². The first-order valence-corrected chi connectivity index (χ1v) is 9.35. The Labute approximate surface area is 172 Å². The smallest absolute Gasteiger partial charge is 0.161 e. The molecule has 1 N–H and O–H groups in total. The third-order valence-corrected chi connectivity index (χ3v) is 4.73. The van der Waals surface area contributed by atoms with E-state index in [2.05, 4.69) is 0 Å². The molecular formula is C23H30O6. The molecule has 2 aromatic carbocycles. The van der Waals surface area contributed by atoms with Gasteiger partial charge >= 0.3 is 0 Å². The van der Waals surface area contributed by atoms with Crippen molar-refractivity contribution in [3.63, 3.8) is 0 Å². The highest BCUT2D eigenvalue weighted by molar-refractivity contribution is 5.56. The molecule has 2 rings (SSSR count). The number of rotatable bonds is 11. The Hall–Kier alpha value is -2.70. The number of ether oxygens (including phenoxy) is 5. The van der Waals surface area contributed by atoms with Gasteiger partial charge in [0.1, 0.15) is 0 Å². The predicted octanol–water partition coefficient (Wildman–Crippen LogP) is 4.12. The van der Waals surface area contributed by atoms with Gasteiger partial charge in [-0.1, -0.05) is 24.3 Å².